The second kappa shape index (κ2) is 9.00. The highest BCUT2D eigenvalue weighted by molar-refractivity contribution is 5.73. The van der Waals surface area contributed by atoms with Gasteiger partial charge in [0.2, 0.25) is 0 Å². The lowest BCUT2D eigenvalue weighted by Gasteiger charge is -2.18. The number of rotatable bonds is 5. The van der Waals surface area contributed by atoms with E-state index in [1.54, 1.807) is 11.9 Å². The highest BCUT2D eigenvalue weighted by Gasteiger charge is 2.07. The number of urea groups is 1. The van der Waals surface area contributed by atoms with Gasteiger partial charge in [-0.3, -0.25) is 0 Å². The van der Waals surface area contributed by atoms with E-state index >= 15 is 0 Å². The Morgan fingerprint density at radius 3 is 2.95 bits per heavy atom. The first kappa shape index (κ1) is 16.1. The van der Waals surface area contributed by atoms with Crippen LogP contribution in [-0.4, -0.2) is 36.2 Å². The van der Waals surface area contributed by atoms with E-state index in [-0.39, 0.29) is 12.6 Å². The largest absolute Gasteiger partial charge is 0.395 e. The molecule has 0 heterocycles. The Labute approximate surface area is 120 Å². The number of nitrogens with one attached hydrogen (secondary N) is 1. The first-order chi connectivity index (χ1) is 9.67. The minimum Gasteiger partial charge on any atom is -0.395 e. The van der Waals surface area contributed by atoms with Gasteiger partial charge in [-0.25, -0.2) is 4.79 Å². The summed E-state index contributed by atoms with van der Waals surface area (Å²) in [5.74, 6) is 5.88. The molecule has 0 saturated heterocycles. The Balaban J connectivity index is 2.62. The number of amides is 2. The van der Waals surface area contributed by atoms with Gasteiger partial charge in [0, 0.05) is 32.1 Å². The lowest BCUT2D eigenvalue weighted by Crippen LogP contribution is -2.37. The Morgan fingerprint density at radius 1 is 1.45 bits per heavy atom. The van der Waals surface area contributed by atoms with Gasteiger partial charge in [0.1, 0.15) is 0 Å². The standard InChI is InChI=1S/C16H22N2O2/c1-3-10-17-16(20)18(2)13-15-9-6-8-14(12-15)7-4-5-11-19/h6,8-9,12,19H,3,5,10-11,13H2,1-2H3,(H,17,20). The molecule has 0 radical (unpaired) electrons. The summed E-state index contributed by atoms with van der Waals surface area (Å²) in [6, 6.07) is 7.72. The molecule has 4 heteroatoms. The second-order valence-electron chi connectivity index (χ2n) is 4.56. The maximum absolute atomic E-state index is 11.8. The van der Waals surface area contributed by atoms with E-state index in [1.165, 1.54) is 0 Å². The molecule has 0 aliphatic rings. The maximum atomic E-state index is 11.8. The summed E-state index contributed by atoms with van der Waals surface area (Å²) in [5.41, 5.74) is 1.94. The Bertz CT molecular complexity index is 489. The Kier molecular flexibility index (Phi) is 7.23. The molecule has 20 heavy (non-hydrogen) atoms. The molecule has 0 unspecified atom stereocenters. The molecular weight excluding hydrogens is 252 g/mol. The van der Waals surface area contributed by atoms with Crippen LogP contribution in [0.4, 0.5) is 4.79 Å². The molecule has 0 atom stereocenters. The molecule has 0 aliphatic carbocycles. The van der Waals surface area contributed by atoms with Gasteiger partial charge >= 0.3 is 6.03 Å². The first-order valence-corrected chi connectivity index (χ1v) is 6.85. The zero-order valence-electron chi connectivity index (χ0n) is 12.1. The van der Waals surface area contributed by atoms with Gasteiger partial charge in [-0.1, -0.05) is 30.9 Å². The molecule has 0 aromatic heterocycles. The van der Waals surface area contributed by atoms with Gasteiger partial charge in [0.05, 0.1) is 6.61 Å². The maximum Gasteiger partial charge on any atom is 0.317 e. The molecule has 1 rings (SSSR count). The highest BCUT2D eigenvalue weighted by Crippen LogP contribution is 2.07. The molecule has 0 bridgehead atoms. The van der Waals surface area contributed by atoms with Crippen molar-refractivity contribution in [2.75, 3.05) is 20.2 Å². The van der Waals surface area contributed by atoms with Crippen LogP contribution in [0.1, 0.15) is 30.9 Å². The Hall–Kier alpha value is -1.99. The minimum atomic E-state index is -0.0661. The normalized spacial score (nSPS) is 9.55. The van der Waals surface area contributed by atoms with Crippen LogP contribution in [-0.2, 0) is 6.54 Å². The van der Waals surface area contributed by atoms with Gasteiger partial charge in [-0.15, -0.1) is 0 Å². The molecule has 4 nitrogen and oxygen atoms in total. The highest BCUT2D eigenvalue weighted by atomic mass is 16.2. The number of nitrogens with zero attached hydrogens (tertiary/aromatic N) is 1. The summed E-state index contributed by atoms with van der Waals surface area (Å²) in [6.45, 7) is 3.34. The van der Waals surface area contributed by atoms with Crippen molar-refractivity contribution in [1.82, 2.24) is 10.2 Å². The topological polar surface area (TPSA) is 52.6 Å². The van der Waals surface area contributed by atoms with E-state index < -0.39 is 0 Å². The summed E-state index contributed by atoms with van der Waals surface area (Å²) in [4.78, 5) is 13.4. The lowest BCUT2D eigenvalue weighted by molar-refractivity contribution is 0.207. The van der Waals surface area contributed by atoms with E-state index in [0.717, 1.165) is 17.5 Å². The Morgan fingerprint density at radius 2 is 2.25 bits per heavy atom. The quantitative estimate of drug-likeness (QED) is 0.807. The molecule has 0 saturated carbocycles. The zero-order valence-corrected chi connectivity index (χ0v) is 12.1. The molecule has 2 amide bonds. The second-order valence-corrected chi connectivity index (χ2v) is 4.56. The summed E-state index contributed by atoms with van der Waals surface area (Å²) >= 11 is 0. The van der Waals surface area contributed by atoms with Crippen LogP contribution in [0.2, 0.25) is 0 Å². The summed E-state index contributed by atoms with van der Waals surface area (Å²) in [5, 5.41) is 11.5. The van der Waals surface area contributed by atoms with Gasteiger partial charge < -0.3 is 15.3 Å². The number of benzene rings is 1. The number of aliphatic hydroxyl groups is 1. The van der Waals surface area contributed by atoms with Crippen LogP contribution in [0.5, 0.6) is 0 Å². The average molecular weight is 274 g/mol. The molecule has 2 N–H and O–H groups in total. The molecule has 1 aromatic carbocycles. The number of carbonyl (C=O) groups is 1. The van der Waals surface area contributed by atoms with Gasteiger partial charge in [0.15, 0.2) is 0 Å². The van der Waals surface area contributed by atoms with Crippen molar-refractivity contribution in [3.8, 4) is 11.8 Å². The lowest BCUT2D eigenvalue weighted by atomic mass is 10.1. The molecule has 0 spiro atoms. The fourth-order valence-electron chi connectivity index (χ4n) is 1.68. The van der Waals surface area contributed by atoms with E-state index in [1.807, 2.05) is 31.2 Å². The van der Waals surface area contributed by atoms with Gasteiger partial charge in [0.25, 0.3) is 0 Å². The predicted molar refractivity (Wildman–Crippen MR) is 80.2 cm³/mol. The minimum absolute atomic E-state index is 0.0661. The van der Waals surface area contributed by atoms with Crippen molar-refractivity contribution in [3.63, 3.8) is 0 Å². The van der Waals surface area contributed by atoms with Crippen molar-refractivity contribution < 1.29 is 9.90 Å². The third kappa shape index (κ3) is 5.77. The first-order valence-electron chi connectivity index (χ1n) is 6.85. The third-order valence-electron chi connectivity index (χ3n) is 2.69. The van der Waals surface area contributed by atoms with Crippen LogP contribution in [0.3, 0.4) is 0 Å². The fraction of sp³-hybridized carbons (Fsp3) is 0.438. The van der Waals surface area contributed by atoms with Crippen LogP contribution < -0.4 is 5.32 Å². The molecule has 1 aromatic rings. The van der Waals surface area contributed by atoms with Crippen molar-refractivity contribution >= 4 is 6.03 Å². The van der Waals surface area contributed by atoms with Crippen LogP contribution in [0.25, 0.3) is 0 Å². The molecule has 108 valence electrons. The predicted octanol–water partition coefficient (Wildman–Crippen LogP) is 1.97. The zero-order chi connectivity index (χ0) is 14.8. The fourth-order valence-corrected chi connectivity index (χ4v) is 1.68. The van der Waals surface area contributed by atoms with Gasteiger partial charge in [-0.2, -0.15) is 0 Å². The smallest absolute Gasteiger partial charge is 0.317 e. The van der Waals surface area contributed by atoms with Crippen molar-refractivity contribution in [1.29, 1.82) is 0 Å². The number of hydrogen-bond donors (Lipinski definition) is 2. The van der Waals surface area contributed by atoms with Crippen LogP contribution in [0, 0.1) is 11.8 Å². The summed E-state index contributed by atoms with van der Waals surface area (Å²) in [6.07, 6.45) is 1.40. The summed E-state index contributed by atoms with van der Waals surface area (Å²) in [7, 11) is 1.77. The van der Waals surface area contributed by atoms with Gasteiger partial charge in [-0.05, 0) is 24.1 Å². The summed E-state index contributed by atoms with van der Waals surface area (Å²) < 4.78 is 0. The van der Waals surface area contributed by atoms with Crippen molar-refractivity contribution in [2.45, 2.75) is 26.3 Å². The monoisotopic (exact) mass is 274 g/mol. The third-order valence-corrected chi connectivity index (χ3v) is 2.69. The average Bonchev–Trinajstić information content (AvgIpc) is 2.45. The molecule has 0 fully saturated rings. The SMILES string of the molecule is CCCNC(=O)N(C)Cc1cccc(C#CCCO)c1. The van der Waals surface area contributed by atoms with E-state index in [2.05, 4.69) is 17.2 Å². The van der Waals surface area contributed by atoms with E-state index in [4.69, 9.17) is 5.11 Å². The van der Waals surface area contributed by atoms with Crippen LogP contribution in [0.15, 0.2) is 24.3 Å². The number of hydrogen-bond acceptors (Lipinski definition) is 2. The van der Waals surface area contributed by atoms with Crippen molar-refractivity contribution in [3.05, 3.63) is 35.4 Å². The number of aliphatic hydroxyl groups excluding tert-OH is 1. The molecular formula is C16H22N2O2. The van der Waals surface area contributed by atoms with E-state index in [9.17, 15) is 4.79 Å². The molecule has 0 aliphatic heterocycles. The van der Waals surface area contributed by atoms with Crippen LogP contribution >= 0.6 is 0 Å². The van der Waals surface area contributed by atoms with E-state index in [0.29, 0.717) is 19.5 Å². The number of carbonyl (C=O) groups excluding carboxylic acids is 1. The van der Waals surface area contributed by atoms with Crippen molar-refractivity contribution in [2.24, 2.45) is 0 Å².